The third kappa shape index (κ3) is 4.13. The maximum Gasteiger partial charge on any atom is 0.0453 e. The van der Waals surface area contributed by atoms with E-state index in [-0.39, 0.29) is 0 Å². The van der Waals surface area contributed by atoms with Crippen LogP contribution in [0.2, 0.25) is 10.0 Å². The summed E-state index contributed by atoms with van der Waals surface area (Å²) in [5.74, 6) is 1.61. The van der Waals surface area contributed by atoms with Gasteiger partial charge < -0.3 is 5.32 Å². The van der Waals surface area contributed by atoms with E-state index in [2.05, 4.69) is 19.2 Å². The van der Waals surface area contributed by atoms with Crippen molar-refractivity contribution in [3.8, 4) is 0 Å². The summed E-state index contributed by atoms with van der Waals surface area (Å²) < 4.78 is 0. The molecule has 1 N–H and O–H groups in total. The van der Waals surface area contributed by atoms with Crippen molar-refractivity contribution in [2.45, 2.75) is 52.0 Å². The van der Waals surface area contributed by atoms with E-state index < -0.39 is 0 Å². The Kier molecular flexibility index (Phi) is 6.20. The fraction of sp³-hybridized carbons (Fsp3) is 0.647. The Balaban J connectivity index is 2.10. The van der Waals surface area contributed by atoms with E-state index in [1.807, 2.05) is 18.2 Å². The van der Waals surface area contributed by atoms with Crippen LogP contribution in [-0.2, 0) is 6.42 Å². The maximum atomic E-state index is 6.33. The van der Waals surface area contributed by atoms with Crippen LogP contribution in [0.1, 0.15) is 45.1 Å². The first-order chi connectivity index (χ1) is 9.61. The molecule has 0 saturated heterocycles. The molecule has 3 unspecified atom stereocenters. The molecular formula is C17H25Cl2N. The molecule has 3 heteroatoms. The largest absolute Gasteiger partial charge is 0.313 e. The van der Waals surface area contributed by atoms with Gasteiger partial charge in [-0.15, -0.1) is 0 Å². The molecule has 1 fully saturated rings. The van der Waals surface area contributed by atoms with Gasteiger partial charge in [-0.2, -0.15) is 0 Å². The summed E-state index contributed by atoms with van der Waals surface area (Å²) in [6.45, 7) is 5.64. The first-order valence-corrected chi connectivity index (χ1v) is 8.53. The van der Waals surface area contributed by atoms with Crippen molar-refractivity contribution in [2.24, 2.45) is 11.8 Å². The van der Waals surface area contributed by atoms with E-state index in [1.54, 1.807) is 0 Å². The number of hydrogen-bond acceptors (Lipinski definition) is 1. The fourth-order valence-corrected chi connectivity index (χ4v) is 3.85. The first-order valence-electron chi connectivity index (χ1n) is 7.78. The van der Waals surface area contributed by atoms with Gasteiger partial charge in [0.2, 0.25) is 0 Å². The number of benzene rings is 1. The molecule has 1 saturated carbocycles. The normalized spacial score (nSPS) is 24.0. The van der Waals surface area contributed by atoms with E-state index in [1.165, 1.54) is 19.3 Å². The third-order valence-corrected chi connectivity index (χ3v) is 5.15. The van der Waals surface area contributed by atoms with Gasteiger partial charge in [0.1, 0.15) is 0 Å². The summed E-state index contributed by atoms with van der Waals surface area (Å²) in [5.41, 5.74) is 1.10. The van der Waals surface area contributed by atoms with E-state index >= 15 is 0 Å². The summed E-state index contributed by atoms with van der Waals surface area (Å²) in [6.07, 6.45) is 6.10. The monoisotopic (exact) mass is 313 g/mol. The molecule has 2 rings (SSSR count). The van der Waals surface area contributed by atoms with Gasteiger partial charge in [-0.05, 0) is 61.8 Å². The van der Waals surface area contributed by atoms with Crippen LogP contribution in [0.25, 0.3) is 0 Å². The lowest BCUT2D eigenvalue weighted by Crippen LogP contribution is -2.37. The highest BCUT2D eigenvalue weighted by atomic mass is 35.5. The highest BCUT2D eigenvalue weighted by Gasteiger charge is 2.29. The Morgan fingerprint density at radius 3 is 2.50 bits per heavy atom. The van der Waals surface area contributed by atoms with Gasteiger partial charge >= 0.3 is 0 Å². The molecule has 1 aliphatic carbocycles. The minimum atomic E-state index is 0.497. The fourth-order valence-electron chi connectivity index (χ4n) is 3.30. The van der Waals surface area contributed by atoms with Crippen LogP contribution in [0, 0.1) is 11.8 Å². The first kappa shape index (κ1) is 16.1. The molecule has 0 aliphatic heterocycles. The zero-order chi connectivity index (χ0) is 14.5. The van der Waals surface area contributed by atoms with Gasteiger partial charge in [0.15, 0.2) is 0 Å². The van der Waals surface area contributed by atoms with Crippen LogP contribution >= 0.6 is 23.2 Å². The van der Waals surface area contributed by atoms with Crippen LogP contribution in [-0.4, -0.2) is 12.6 Å². The smallest absolute Gasteiger partial charge is 0.0453 e. The van der Waals surface area contributed by atoms with Crippen molar-refractivity contribution in [1.29, 1.82) is 0 Å². The van der Waals surface area contributed by atoms with E-state index in [0.29, 0.717) is 6.04 Å². The minimum absolute atomic E-state index is 0.497. The van der Waals surface area contributed by atoms with E-state index in [4.69, 9.17) is 23.2 Å². The molecule has 1 aromatic carbocycles. The lowest BCUT2D eigenvalue weighted by Gasteiger charge is -2.26. The van der Waals surface area contributed by atoms with Gasteiger partial charge in [-0.1, -0.05) is 49.5 Å². The lowest BCUT2D eigenvalue weighted by atomic mass is 9.91. The second-order valence-corrected chi connectivity index (χ2v) is 6.96. The van der Waals surface area contributed by atoms with Crippen LogP contribution in [0.15, 0.2) is 18.2 Å². The van der Waals surface area contributed by atoms with Gasteiger partial charge in [-0.3, -0.25) is 0 Å². The summed E-state index contributed by atoms with van der Waals surface area (Å²) in [5, 5.41) is 5.31. The third-order valence-electron chi connectivity index (χ3n) is 4.45. The highest BCUT2D eigenvalue weighted by Crippen LogP contribution is 2.35. The Morgan fingerprint density at radius 1 is 1.25 bits per heavy atom. The summed E-state index contributed by atoms with van der Waals surface area (Å²) in [7, 11) is 0. The number of hydrogen-bond donors (Lipinski definition) is 1. The molecule has 0 spiro atoms. The van der Waals surface area contributed by atoms with Crippen molar-refractivity contribution >= 4 is 23.2 Å². The van der Waals surface area contributed by atoms with E-state index in [0.717, 1.165) is 46.8 Å². The molecule has 112 valence electrons. The van der Waals surface area contributed by atoms with E-state index in [9.17, 15) is 0 Å². The SMILES string of the molecule is CCCNC(Cc1c(Cl)cccc1Cl)C1CCC(C)C1. The predicted octanol–water partition coefficient (Wildman–Crippen LogP) is 5.34. The summed E-state index contributed by atoms with van der Waals surface area (Å²) in [6, 6.07) is 6.30. The molecule has 1 aliphatic rings. The molecule has 1 nitrogen and oxygen atoms in total. The van der Waals surface area contributed by atoms with Crippen LogP contribution in [0.4, 0.5) is 0 Å². The molecule has 20 heavy (non-hydrogen) atoms. The van der Waals surface area contributed by atoms with Crippen LogP contribution < -0.4 is 5.32 Å². The molecule has 0 amide bonds. The Morgan fingerprint density at radius 2 is 1.95 bits per heavy atom. The number of rotatable bonds is 6. The van der Waals surface area contributed by atoms with Crippen LogP contribution in [0.5, 0.6) is 0 Å². The Hall–Kier alpha value is -0.240. The molecule has 3 atom stereocenters. The maximum absolute atomic E-state index is 6.33. The summed E-state index contributed by atoms with van der Waals surface area (Å²) in [4.78, 5) is 0. The van der Waals surface area contributed by atoms with Gasteiger partial charge in [0.05, 0.1) is 0 Å². The molecule has 1 aromatic rings. The standard InChI is InChI=1S/C17H25Cl2N/c1-3-9-20-17(13-8-7-12(2)10-13)11-14-15(18)5-4-6-16(14)19/h4-6,12-13,17,20H,3,7-11H2,1-2H3. The van der Waals surface area contributed by atoms with Gasteiger partial charge in [-0.25, -0.2) is 0 Å². The van der Waals surface area contributed by atoms with Gasteiger partial charge in [0.25, 0.3) is 0 Å². The molecule has 0 bridgehead atoms. The predicted molar refractivity (Wildman–Crippen MR) is 88.8 cm³/mol. The second kappa shape index (κ2) is 7.68. The van der Waals surface area contributed by atoms with Crippen molar-refractivity contribution in [3.05, 3.63) is 33.8 Å². The van der Waals surface area contributed by atoms with Crippen LogP contribution in [0.3, 0.4) is 0 Å². The van der Waals surface area contributed by atoms with Crippen molar-refractivity contribution in [2.75, 3.05) is 6.54 Å². The average molecular weight is 314 g/mol. The molecular weight excluding hydrogens is 289 g/mol. The summed E-state index contributed by atoms with van der Waals surface area (Å²) >= 11 is 12.7. The highest BCUT2D eigenvalue weighted by molar-refractivity contribution is 6.36. The van der Waals surface area contributed by atoms with Crippen molar-refractivity contribution in [1.82, 2.24) is 5.32 Å². The number of nitrogens with one attached hydrogen (secondary N) is 1. The molecule has 0 radical (unpaired) electrons. The zero-order valence-electron chi connectivity index (χ0n) is 12.5. The second-order valence-electron chi connectivity index (χ2n) is 6.14. The quantitative estimate of drug-likeness (QED) is 0.747. The Labute approximate surface area is 133 Å². The average Bonchev–Trinajstić information content (AvgIpc) is 2.84. The van der Waals surface area contributed by atoms with Gasteiger partial charge in [0, 0.05) is 16.1 Å². The number of halogens is 2. The van der Waals surface area contributed by atoms with Crippen molar-refractivity contribution in [3.63, 3.8) is 0 Å². The lowest BCUT2D eigenvalue weighted by molar-refractivity contribution is 0.348. The minimum Gasteiger partial charge on any atom is -0.313 e. The topological polar surface area (TPSA) is 12.0 Å². The molecule has 0 heterocycles. The zero-order valence-corrected chi connectivity index (χ0v) is 14.0. The van der Waals surface area contributed by atoms with Crippen molar-refractivity contribution < 1.29 is 0 Å². The Bertz CT molecular complexity index is 413. The molecule has 0 aromatic heterocycles.